The molecule has 0 aromatic heterocycles. The lowest BCUT2D eigenvalue weighted by Gasteiger charge is -2.19. The Morgan fingerprint density at radius 2 is 1.81 bits per heavy atom. The first-order chi connectivity index (χ1) is 12.5. The Balaban J connectivity index is 1.83. The number of ether oxygens (including phenoxy) is 3. The van der Waals surface area contributed by atoms with Crippen LogP contribution in [0.5, 0.6) is 17.2 Å². The van der Waals surface area contributed by atoms with Crippen LogP contribution in [0.4, 0.5) is 0 Å². The number of benzene rings is 2. The first kappa shape index (κ1) is 19.6. The Morgan fingerprint density at radius 3 is 2.46 bits per heavy atom. The van der Waals surface area contributed by atoms with E-state index in [1.807, 2.05) is 45.0 Å². The molecule has 0 saturated carbocycles. The topological polar surface area (TPSA) is 56.8 Å². The van der Waals surface area contributed by atoms with E-state index in [0.29, 0.717) is 31.1 Å². The summed E-state index contributed by atoms with van der Waals surface area (Å²) in [5, 5.41) is 2.86. The number of aryl methyl sites for hydroxylation is 2. The SMILES string of the molecule is CC[C@H](Oc1ccccc1OC)C(=O)NCCOc1ccc(C)cc1C. The van der Waals surface area contributed by atoms with Gasteiger partial charge in [-0.15, -0.1) is 0 Å². The minimum Gasteiger partial charge on any atom is -0.493 e. The molecule has 5 nitrogen and oxygen atoms in total. The molecular weight excluding hydrogens is 330 g/mol. The molecule has 140 valence electrons. The van der Waals surface area contributed by atoms with Crippen molar-refractivity contribution in [1.82, 2.24) is 5.32 Å². The van der Waals surface area contributed by atoms with E-state index in [1.165, 1.54) is 5.56 Å². The molecule has 1 amide bonds. The van der Waals surface area contributed by atoms with Crippen LogP contribution in [-0.2, 0) is 4.79 Å². The molecule has 0 spiro atoms. The van der Waals surface area contributed by atoms with Crippen molar-refractivity contribution in [2.45, 2.75) is 33.3 Å². The summed E-state index contributed by atoms with van der Waals surface area (Å²) in [6.45, 7) is 6.78. The maximum Gasteiger partial charge on any atom is 0.261 e. The Labute approximate surface area is 155 Å². The second-order valence-electron chi connectivity index (χ2n) is 6.07. The second kappa shape index (κ2) is 9.70. The van der Waals surface area contributed by atoms with Crippen molar-refractivity contribution in [3.63, 3.8) is 0 Å². The van der Waals surface area contributed by atoms with Gasteiger partial charge in [-0.3, -0.25) is 4.79 Å². The molecule has 1 N–H and O–H groups in total. The molecule has 0 radical (unpaired) electrons. The number of amides is 1. The quantitative estimate of drug-likeness (QED) is 0.696. The van der Waals surface area contributed by atoms with Gasteiger partial charge < -0.3 is 19.5 Å². The zero-order chi connectivity index (χ0) is 18.9. The fourth-order valence-corrected chi connectivity index (χ4v) is 2.60. The van der Waals surface area contributed by atoms with Gasteiger partial charge in [0.2, 0.25) is 0 Å². The van der Waals surface area contributed by atoms with Crippen LogP contribution in [-0.4, -0.2) is 32.3 Å². The molecule has 0 unspecified atom stereocenters. The third-order valence-corrected chi connectivity index (χ3v) is 3.99. The highest BCUT2D eigenvalue weighted by Gasteiger charge is 2.19. The Morgan fingerprint density at radius 1 is 1.08 bits per heavy atom. The third kappa shape index (κ3) is 5.41. The summed E-state index contributed by atoms with van der Waals surface area (Å²) >= 11 is 0. The van der Waals surface area contributed by atoms with E-state index in [4.69, 9.17) is 14.2 Å². The van der Waals surface area contributed by atoms with E-state index in [-0.39, 0.29) is 5.91 Å². The highest BCUT2D eigenvalue weighted by Crippen LogP contribution is 2.27. The molecule has 0 heterocycles. The van der Waals surface area contributed by atoms with E-state index in [0.717, 1.165) is 11.3 Å². The molecule has 26 heavy (non-hydrogen) atoms. The first-order valence-electron chi connectivity index (χ1n) is 8.82. The van der Waals surface area contributed by atoms with Crippen LogP contribution in [0.2, 0.25) is 0 Å². The zero-order valence-corrected chi connectivity index (χ0v) is 15.9. The number of carbonyl (C=O) groups excluding carboxylic acids is 1. The van der Waals surface area contributed by atoms with Gasteiger partial charge in [0, 0.05) is 0 Å². The smallest absolute Gasteiger partial charge is 0.261 e. The summed E-state index contributed by atoms with van der Waals surface area (Å²) < 4.78 is 16.8. The van der Waals surface area contributed by atoms with Gasteiger partial charge in [0.05, 0.1) is 13.7 Å². The van der Waals surface area contributed by atoms with Crippen molar-refractivity contribution in [2.24, 2.45) is 0 Å². The van der Waals surface area contributed by atoms with E-state index >= 15 is 0 Å². The summed E-state index contributed by atoms with van der Waals surface area (Å²) in [6, 6.07) is 13.3. The fourth-order valence-electron chi connectivity index (χ4n) is 2.60. The molecule has 0 aliphatic rings. The largest absolute Gasteiger partial charge is 0.493 e. The molecule has 0 fully saturated rings. The summed E-state index contributed by atoms with van der Waals surface area (Å²) in [6.07, 6.45) is -0.0191. The van der Waals surface area contributed by atoms with Gasteiger partial charge in [0.15, 0.2) is 17.6 Å². The predicted octanol–water partition coefficient (Wildman–Crippen LogP) is 3.66. The van der Waals surface area contributed by atoms with Crippen LogP contribution < -0.4 is 19.5 Å². The number of para-hydroxylation sites is 2. The zero-order valence-electron chi connectivity index (χ0n) is 15.9. The predicted molar refractivity (Wildman–Crippen MR) is 102 cm³/mol. The van der Waals surface area contributed by atoms with Crippen LogP contribution in [0, 0.1) is 13.8 Å². The van der Waals surface area contributed by atoms with Gasteiger partial charge in [0.25, 0.3) is 5.91 Å². The normalized spacial score (nSPS) is 11.5. The van der Waals surface area contributed by atoms with Gasteiger partial charge in [-0.05, 0) is 44.0 Å². The monoisotopic (exact) mass is 357 g/mol. The molecule has 5 heteroatoms. The maximum absolute atomic E-state index is 12.4. The molecule has 0 saturated heterocycles. The van der Waals surface area contributed by atoms with Crippen molar-refractivity contribution in [2.75, 3.05) is 20.3 Å². The second-order valence-corrected chi connectivity index (χ2v) is 6.07. The lowest BCUT2D eigenvalue weighted by atomic mass is 10.1. The summed E-state index contributed by atoms with van der Waals surface area (Å²) in [5.41, 5.74) is 2.28. The fraction of sp³-hybridized carbons (Fsp3) is 0.381. The van der Waals surface area contributed by atoms with Crippen molar-refractivity contribution in [3.05, 3.63) is 53.6 Å². The molecule has 0 aliphatic heterocycles. The average molecular weight is 357 g/mol. The number of nitrogens with one attached hydrogen (secondary N) is 1. The Kier molecular flexibility index (Phi) is 7.33. The summed E-state index contributed by atoms with van der Waals surface area (Å²) in [5.74, 6) is 1.84. The van der Waals surface area contributed by atoms with Crippen molar-refractivity contribution in [1.29, 1.82) is 0 Å². The van der Waals surface area contributed by atoms with Gasteiger partial charge >= 0.3 is 0 Å². The maximum atomic E-state index is 12.4. The molecule has 2 rings (SSSR count). The van der Waals surface area contributed by atoms with Gasteiger partial charge in [0.1, 0.15) is 12.4 Å². The first-order valence-corrected chi connectivity index (χ1v) is 8.82. The minimum atomic E-state index is -0.576. The Hall–Kier alpha value is -2.69. The number of hydrogen-bond acceptors (Lipinski definition) is 4. The lowest BCUT2D eigenvalue weighted by molar-refractivity contribution is -0.128. The number of carbonyl (C=O) groups is 1. The molecule has 1 atom stereocenters. The van der Waals surface area contributed by atoms with Gasteiger partial charge in [-0.1, -0.05) is 36.8 Å². The van der Waals surface area contributed by atoms with E-state index in [9.17, 15) is 4.79 Å². The highest BCUT2D eigenvalue weighted by atomic mass is 16.5. The van der Waals surface area contributed by atoms with Crippen LogP contribution >= 0.6 is 0 Å². The minimum absolute atomic E-state index is 0.164. The van der Waals surface area contributed by atoms with Crippen LogP contribution in [0.1, 0.15) is 24.5 Å². The summed E-state index contributed by atoms with van der Waals surface area (Å²) in [4.78, 5) is 12.4. The van der Waals surface area contributed by atoms with Crippen LogP contribution in [0.25, 0.3) is 0 Å². The van der Waals surface area contributed by atoms with Gasteiger partial charge in [-0.2, -0.15) is 0 Å². The Bertz CT molecular complexity index is 730. The average Bonchev–Trinajstić information content (AvgIpc) is 2.64. The van der Waals surface area contributed by atoms with E-state index in [2.05, 4.69) is 11.4 Å². The van der Waals surface area contributed by atoms with Crippen LogP contribution in [0.3, 0.4) is 0 Å². The molecule has 0 bridgehead atoms. The van der Waals surface area contributed by atoms with E-state index in [1.54, 1.807) is 19.2 Å². The summed E-state index contributed by atoms with van der Waals surface area (Å²) in [7, 11) is 1.58. The van der Waals surface area contributed by atoms with Crippen molar-refractivity contribution < 1.29 is 19.0 Å². The number of hydrogen-bond donors (Lipinski definition) is 1. The molecule has 2 aromatic rings. The lowest BCUT2D eigenvalue weighted by Crippen LogP contribution is -2.39. The third-order valence-electron chi connectivity index (χ3n) is 3.99. The van der Waals surface area contributed by atoms with Crippen molar-refractivity contribution >= 4 is 5.91 Å². The van der Waals surface area contributed by atoms with Gasteiger partial charge in [-0.25, -0.2) is 0 Å². The van der Waals surface area contributed by atoms with Crippen molar-refractivity contribution in [3.8, 4) is 17.2 Å². The number of rotatable bonds is 9. The molecule has 2 aromatic carbocycles. The highest BCUT2D eigenvalue weighted by molar-refractivity contribution is 5.81. The number of methoxy groups -OCH3 is 1. The van der Waals surface area contributed by atoms with E-state index < -0.39 is 6.10 Å². The van der Waals surface area contributed by atoms with Crippen LogP contribution in [0.15, 0.2) is 42.5 Å². The standard InChI is InChI=1S/C21H27NO4/c1-5-17(26-20-9-7-6-8-19(20)24-4)21(23)22-12-13-25-18-11-10-15(2)14-16(18)3/h6-11,14,17H,5,12-13H2,1-4H3,(H,22,23)/t17-/m0/s1. The molecule has 0 aliphatic carbocycles. The molecular formula is C21H27NO4.